The first kappa shape index (κ1) is 28.7. The highest BCUT2D eigenvalue weighted by molar-refractivity contribution is 4.80. The van der Waals surface area contributed by atoms with E-state index in [1.807, 2.05) is 27.7 Å². The Hall–Kier alpha value is -0.320. The lowest BCUT2D eigenvalue weighted by Crippen LogP contribution is -2.44. The van der Waals surface area contributed by atoms with Crippen molar-refractivity contribution < 1.29 is 37.9 Å². The van der Waals surface area contributed by atoms with E-state index in [1.54, 1.807) is 28.4 Å². The molecule has 0 spiro atoms. The quantitative estimate of drug-likeness (QED) is 0.294. The monoisotopic (exact) mass is 424 g/mol. The zero-order valence-electron chi connectivity index (χ0n) is 19.7. The van der Waals surface area contributed by atoms with Gasteiger partial charge in [0.05, 0.1) is 82.7 Å². The van der Waals surface area contributed by atoms with E-state index < -0.39 is 5.41 Å². The molecular formula is C21H44O8. The maximum Gasteiger partial charge on any atom is 0.0776 e. The molecule has 0 fully saturated rings. The van der Waals surface area contributed by atoms with Crippen molar-refractivity contribution in [3.8, 4) is 0 Å². The van der Waals surface area contributed by atoms with Gasteiger partial charge in [-0.2, -0.15) is 0 Å². The van der Waals surface area contributed by atoms with Gasteiger partial charge in [0.2, 0.25) is 0 Å². The molecule has 0 heterocycles. The molecule has 29 heavy (non-hydrogen) atoms. The Bertz CT molecular complexity index is 299. The highest BCUT2D eigenvalue weighted by Gasteiger charge is 2.33. The second kappa shape index (κ2) is 17.4. The Morgan fingerprint density at radius 1 is 0.448 bits per heavy atom. The van der Waals surface area contributed by atoms with E-state index in [0.717, 1.165) is 0 Å². The minimum Gasteiger partial charge on any atom is -0.379 e. The first-order chi connectivity index (χ1) is 13.8. The van der Waals surface area contributed by atoms with Gasteiger partial charge in [-0.3, -0.25) is 0 Å². The van der Waals surface area contributed by atoms with Gasteiger partial charge in [-0.15, -0.1) is 0 Å². The van der Waals surface area contributed by atoms with Crippen LogP contribution in [0.25, 0.3) is 0 Å². The summed E-state index contributed by atoms with van der Waals surface area (Å²) < 4.78 is 44.9. The molecule has 0 aliphatic heterocycles. The van der Waals surface area contributed by atoms with E-state index in [-0.39, 0.29) is 24.4 Å². The smallest absolute Gasteiger partial charge is 0.0776 e. The first-order valence-electron chi connectivity index (χ1n) is 10.2. The van der Waals surface area contributed by atoms with Crippen LogP contribution >= 0.6 is 0 Å². The van der Waals surface area contributed by atoms with Gasteiger partial charge in [0.1, 0.15) is 0 Å². The molecule has 0 aromatic rings. The number of hydrogen-bond donors (Lipinski definition) is 0. The van der Waals surface area contributed by atoms with Gasteiger partial charge in [-0.25, -0.2) is 0 Å². The standard InChI is InChI=1S/C21H44O8/c1-17(22-5)9-26-13-21(14-27-10-18(2)23-6,15-28-11-19(3)24-7)16-29-12-20(4)25-8/h17-20H,9-16H2,1-8H3. The average molecular weight is 425 g/mol. The van der Waals surface area contributed by atoms with Crippen LogP contribution in [0.1, 0.15) is 27.7 Å². The summed E-state index contributed by atoms with van der Waals surface area (Å²) in [6, 6.07) is 0. The van der Waals surface area contributed by atoms with Crippen LogP contribution in [0.2, 0.25) is 0 Å². The summed E-state index contributed by atoms with van der Waals surface area (Å²) in [5.74, 6) is 0. The van der Waals surface area contributed by atoms with E-state index in [1.165, 1.54) is 0 Å². The fourth-order valence-corrected chi connectivity index (χ4v) is 2.29. The molecule has 4 atom stereocenters. The Morgan fingerprint density at radius 2 is 0.655 bits per heavy atom. The van der Waals surface area contributed by atoms with Crippen molar-refractivity contribution in [1.29, 1.82) is 0 Å². The highest BCUT2D eigenvalue weighted by Crippen LogP contribution is 2.22. The third-order valence-electron chi connectivity index (χ3n) is 4.65. The third-order valence-corrected chi connectivity index (χ3v) is 4.65. The highest BCUT2D eigenvalue weighted by atomic mass is 16.6. The summed E-state index contributed by atoms with van der Waals surface area (Å²) >= 11 is 0. The summed E-state index contributed by atoms with van der Waals surface area (Å²) in [4.78, 5) is 0. The number of hydrogen-bond acceptors (Lipinski definition) is 8. The average Bonchev–Trinajstić information content (AvgIpc) is 2.72. The largest absolute Gasteiger partial charge is 0.379 e. The van der Waals surface area contributed by atoms with Crippen LogP contribution in [0.3, 0.4) is 0 Å². The van der Waals surface area contributed by atoms with Gasteiger partial charge in [-0.1, -0.05) is 0 Å². The Labute approximate surface area is 177 Å². The van der Waals surface area contributed by atoms with Crippen LogP contribution in [0.5, 0.6) is 0 Å². The maximum absolute atomic E-state index is 5.94. The molecule has 0 rings (SSSR count). The molecular weight excluding hydrogens is 380 g/mol. The van der Waals surface area contributed by atoms with Gasteiger partial charge >= 0.3 is 0 Å². The SMILES string of the molecule is COC(C)COCC(COCC(C)OC)(COCC(C)OC)COCC(C)OC. The topological polar surface area (TPSA) is 73.8 Å². The van der Waals surface area contributed by atoms with Crippen molar-refractivity contribution in [2.45, 2.75) is 52.1 Å². The number of methoxy groups -OCH3 is 4. The van der Waals surface area contributed by atoms with Crippen LogP contribution in [0.15, 0.2) is 0 Å². The van der Waals surface area contributed by atoms with Crippen LogP contribution in [0.4, 0.5) is 0 Å². The van der Waals surface area contributed by atoms with Crippen molar-refractivity contribution in [3.05, 3.63) is 0 Å². The van der Waals surface area contributed by atoms with E-state index in [4.69, 9.17) is 37.9 Å². The van der Waals surface area contributed by atoms with Crippen molar-refractivity contribution >= 4 is 0 Å². The van der Waals surface area contributed by atoms with Gasteiger partial charge < -0.3 is 37.9 Å². The van der Waals surface area contributed by atoms with Crippen molar-refractivity contribution in [2.24, 2.45) is 5.41 Å². The fourth-order valence-electron chi connectivity index (χ4n) is 2.29. The lowest BCUT2D eigenvalue weighted by Gasteiger charge is -2.34. The van der Waals surface area contributed by atoms with Crippen LogP contribution in [-0.4, -0.2) is 106 Å². The molecule has 8 nitrogen and oxygen atoms in total. The van der Waals surface area contributed by atoms with Crippen LogP contribution < -0.4 is 0 Å². The van der Waals surface area contributed by atoms with E-state index >= 15 is 0 Å². The molecule has 0 aliphatic rings. The van der Waals surface area contributed by atoms with Gasteiger partial charge in [0.25, 0.3) is 0 Å². The zero-order chi connectivity index (χ0) is 22.1. The maximum atomic E-state index is 5.94. The number of rotatable bonds is 20. The molecule has 0 saturated heterocycles. The fraction of sp³-hybridized carbons (Fsp3) is 1.00. The van der Waals surface area contributed by atoms with Gasteiger partial charge in [0, 0.05) is 28.4 Å². The summed E-state index contributed by atoms with van der Waals surface area (Å²) in [5.41, 5.74) is -0.470. The van der Waals surface area contributed by atoms with Gasteiger partial charge in [0.15, 0.2) is 0 Å². The van der Waals surface area contributed by atoms with E-state index in [9.17, 15) is 0 Å². The predicted molar refractivity (Wildman–Crippen MR) is 112 cm³/mol. The molecule has 4 unspecified atom stereocenters. The molecule has 0 amide bonds. The van der Waals surface area contributed by atoms with E-state index in [2.05, 4.69) is 0 Å². The molecule has 176 valence electrons. The van der Waals surface area contributed by atoms with E-state index in [0.29, 0.717) is 52.9 Å². The molecule has 0 radical (unpaired) electrons. The lowest BCUT2D eigenvalue weighted by molar-refractivity contribution is -0.133. The summed E-state index contributed by atoms with van der Waals surface area (Å²) in [6.07, 6.45) is 0.0222. The number of ether oxygens (including phenoxy) is 8. The predicted octanol–water partition coefficient (Wildman–Crippen LogP) is 2.18. The zero-order valence-corrected chi connectivity index (χ0v) is 19.7. The normalized spacial score (nSPS) is 18.2. The van der Waals surface area contributed by atoms with Crippen molar-refractivity contribution in [2.75, 3.05) is 81.3 Å². The summed E-state index contributed by atoms with van der Waals surface area (Å²) in [5, 5.41) is 0. The second-order valence-corrected chi connectivity index (χ2v) is 7.75. The third kappa shape index (κ3) is 14.3. The molecule has 0 N–H and O–H groups in total. The van der Waals surface area contributed by atoms with Gasteiger partial charge in [-0.05, 0) is 27.7 Å². The molecule has 0 aliphatic carbocycles. The second-order valence-electron chi connectivity index (χ2n) is 7.75. The molecule has 0 saturated carbocycles. The Kier molecular flexibility index (Phi) is 17.2. The first-order valence-corrected chi connectivity index (χ1v) is 10.2. The van der Waals surface area contributed by atoms with Crippen molar-refractivity contribution in [1.82, 2.24) is 0 Å². The van der Waals surface area contributed by atoms with Crippen LogP contribution in [0, 0.1) is 5.41 Å². The Morgan fingerprint density at radius 3 is 0.828 bits per heavy atom. The lowest BCUT2D eigenvalue weighted by atomic mass is 9.92. The summed E-state index contributed by atoms with van der Waals surface area (Å²) in [7, 11) is 6.67. The molecule has 0 aromatic carbocycles. The Balaban J connectivity index is 5.05. The van der Waals surface area contributed by atoms with Crippen LogP contribution in [-0.2, 0) is 37.9 Å². The molecule has 8 heteroatoms. The minimum atomic E-state index is -0.470. The molecule has 0 bridgehead atoms. The summed E-state index contributed by atoms with van der Waals surface area (Å²) in [6.45, 7) is 11.5. The van der Waals surface area contributed by atoms with Crippen molar-refractivity contribution in [3.63, 3.8) is 0 Å². The minimum absolute atomic E-state index is 0.00555. The molecule has 0 aromatic heterocycles.